The molecule has 2 unspecified atom stereocenters. The average Bonchev–Trinajstić information content (AvgIpc) is 2.17. The zero-order valence-electron chi connectivity index (χ0n) is 8.00. The molecule has 1 aromatic rings. The van der Waals surface area contributed by atoms with Crippen molar-refractivity contribution >= 4 is 0 Å². The second kappa shape index (κ2) is 4.38. The minimum absolute atomic E-state index is 0.213. The third-order valence-corrected chi connectivity index (χ3v) is 2.39. The summed E-state index contributed by atoms with van der Waals surface area (Å²) in [6.45, 7) is 4.01. The first kappa shape index (κ1) is 10.2. The third kappa shape index (κ3) is 2.52. The molecule has 1 aromatic carbocycles. The molecule has 0 fully saturated rings. The molecule has 0 aliphatic heterocycles. The molecule has 0 bridgehead atoms. The van der Waals surface area contributed by atoms with E-state index < -0.39 is 6.10 Å². The van der Waals surface area contributed by atoms with Crippen molar-refractivity contribution < 1.29 is 9.50 Å². The van der Waals surface area contributed by atoms with Crippen LogP contribution in [0.25, 0.3) is 0 Å². The molecule has 2 heteroatoms. The number of halogens is 1. The molecule has 0 saturated heterocycles. The SMILES string of the molecule is CCC(C)C(O)c1ccc(F)cc1. The van der Waals surface area contributed by atoms with Crippen LogP contribution in [0.4, 0.5) is 4.39 Å². The zero-order valence-corrected chi connectivity index (χ0v) is 8.00. The number of benzene rings is 1. The van der Waals surface area contributed by atoms with Gasteiger partial charge in [0, 0.05) is 0 Å². The first-order chi connectivity index (χ1) is 6.15. The van der Waals surface area contributed by atoms with Gasteiger partial charge in [-0.3, -0.25) is 0 Å². The first-order valence-electron chi connectivity index (χ1n) is 4.58. The van der Waals surface area contributed by atoms with E-state index in [-0.39, 0.29) is 11.7 Å². The minimum atomic E-state index is -0.481. The van der Waals surface area contributed by atoms with Gasteiger partial charge in [-0.1, -0.05) is 32.4 Å². The van der Waals surface area contributed by atoms with Gasteiger partial charge in [0.1, 0.15) is 5.82 Å². The Morgan fingerprint density at radius 3 is 2.31 bits per heavy atom. The highest BCUT2D eigenvalue weighted by Gasteiger charge is 2.13. The second-order valence-corrected chi connectivity index (χ2v) is 3.38. The summed E-state index contributed by atoms with van der Waals surface area (Å²) in [6.07, 6.45) is 0.434. The molecule has 1 nitrogen and oxygen atoms in total. The van der Waals surface area contributed by atoms with Crippen LogP contribution in [-0.4, -0.2) is 5.11 Å². The second-order valence-electron chi connectivity index (χ2n) is 3.38. The zero-order chi connectivity index (χ0) is 9.84. The fourth-order valence-corrected chi connectivity index (χ4v) is 1.21. The summed E-state index contributed by atoms with van der Waals surface area (Å²) in [5.74, 6) is -0.0504. The molecule has 72 valence electrons. The quantitative estimate of drug-likeness (QED) is 0.762. The fraction of sp³-hybridized carbons (Fsp3) is 0.455. The predicted octanol–water partition coefficient (Wildman–Crippen LogP) is 2.91. The summed E-state index contributed by atoms with van der Waals surface area (Å²) in [7, 11) is 0. The van der Waals surface area contributed by atoms with E-state index in [9.17, 15) is 9.50 Å². The number of hydrogen-bond donors (Lipinski definition) is 1. The lowest BCUT2D eigenvalue weighted by Crippen LogP contribution is -2.07. The van der Waals surface area contributed by atoms with Crippen molar-refractivity contribution in [2.75, 3.05) is 0 Å². The van der Waals surface area contributed by atoms with Crippen molar-refractivity contribution in [1.82, 2.24) is 0 Å². The van der Waals surface area contributed by atoms with Crippen molar-refractivity contribution in [2.24, 2.45) is 5.92 Å². The number of aliphatic hydroxyl groups excluding tert-OH is 1. The van der Waals surface area contributed by atoms with Crippen LogP contribution >= 0.6 is 0 Å². The Labute approximate surface area is 78.2 Å². The fourth-order valence-electron chi connectivity index (χ4n) is 1.21. The molecule has 13 heavy (non-hydrogen) atoms. The molecule has 0 radical (unpaired) electrons. The predicted molar refractivity (Wildman–Crippen MR) is 50.8 cm³/mol. The van der Waals surface area contributed by atoms with Crippen molar-refractivity contribution in [2.45, 2.75) is 26.4 Å². The molecule has 0 amide bonds. The summed E-state index contributed by atoms with van der Waals surface area (Å²) >= 11 is 0. The van der Waals surface area contributed by atoms with E-state index in [0.29, 0.717) is 0 Å². The van der Waals surface area contributed by atoms with E-state index in [1.807, 2.05) is 13.8 Å². The maximum atomic E-state index is 12.6. The lowest BCUT2D eigenvalue weighted by molar-refractivity contribution is 0.115. The van der Waals surface area contributed by atoms with Gasteiger partial charge in [0.2, 0.25) is 0 Å². The summed E-state index contributed by atoms with van der Waals surface area (Å²) in [5.41, 5.74) is 0.788. The molecule has 0 aliphatic rings. The Kier molecular flexibility index (Phi) is 3.43. The molecular weight excluding hydrogens is 167 g/mol. The van der Waals surface area contributed by atoms with E-state index in [1.165, 1.54) is 12.1 Å². The Balaban J connectivity index is 2.77. The van der Waals surface area contributed by atoms with Crippen LogP contribution in [0.5, 0.6) is 0 Å². The van der Waals surface area contributed by atoms with Crippen LogP contribution in [0.2, 0.25) is 0 Å². The first-order valence-corrected chi connectivity index (χ1v) is 4.58. The summed E-state index contributed by atoms with van der Waals surface area (Å²) < 4.78 is 12.6. The molecular formula is C11H15FO. The topological polar surface area (TPSA) is 20.2 Å². The summed E-state index contributed by atoms with van der Waals surface area (Å²) in [6, 6.07) is 6.01. The number of aliphatic hydroxyl groups is 1. The third-order valence-electron chi connectivity index (χ3n) is 2.39. The van der Waals surface area contributed by atoms with E-state index >= 15 is 0 Å². The molecule has 0 saturated carbocycles. The molecule has 1 N–H and O–H groups in total. The Hall–Kier alpha value is -0.890. The van der Waals surface area contributed by atoms with Crippen LogP contribution in [0.3, 0.4) is 0 Å². The minimum Gasteiger partial charge on any atom is -0.388 e. The van der Waals surface area contributed by atoms with Gasteiger partial charge in [0.15, 0.2) is 0 Å². The van der Waals surface area contributed by atoms with E-state index in [0.717, 1.165) is 12.0 Å². The van der Waals surface area contributed by atoms with Crippen LogP contribution in [-0.2, 0) is 0 Å². The van der Waals surface area contributed by atoms with Gasteiger partial charge in [-0.2, -0.15) is 0 Å². The maximum Gasteiger partial charge on any atom is 0.123 e. The largest absolute Gasteiger partial charge is 0.388 e. The number of rotatable bonds is 3. The van der Waals surface area contributed by atoms with Gasteiger partial charge in [-0.25, -0.2) is 4.39 Å². The molecule has 0 spiro atoms. The number of hydrogen-bond acceptors (Lipinski definition) is 1. The highest BCUT2D eigenvalue weighted by Crippen LogP contribution is 2.23. The maximum absolute atomic E-state index is 12.6. The average molecular weight is 182 g/mol. The molecule has 1 rings (SSSR count). The van der Waals surface area contributed by atoms with Crippen LogP contribution < -0.4 is 0 Å². The van der Waals surface area contributed by atoms with E-state index in [4.69, 9.17) is 0 Å². The van der Waals surface area contributed by atoms with Crippen LogP contribution in [0.1, 0.15) is 31.9 Å². The molecule has 2 atom stereocenters. The van der Waals surface area contributed by atoms with Crippen molar-refractivity contribution in [3.8, 4) is 0 Å². The van der Waals surface area contributed by atoms with Gasteiger partial charge < -0.3 is 5.11 Å². The smallest absolute Gasteiger partial charge is 0.123 e. The summed E-state index contributed by atoms with van der Waals surface area (Å²) in [5, 5.41) is 9.76. The van der Waals surface area contributed by atoms with Gasteiger partial charge in [0.25, 0.3) is 0 Å². The van der Waals surface area contributed by atoms with Gasteiger partial charge >= 0.3 is 0 Å². The van der Waals surface area contributed by atoms with E-state index in [2.05, 4.69) is 0 Å². The van der Waals surface area contributed by atoms with Crippen LogP contribution in [0, 0.1) is 11.7 Å². The molecule has 0 aliphatic carbocycles. The van der Waals surface area contributed by atoms with Gasteiger partial charge in [-0.05, 0) is 23.6 Å². The van der Waals surface area contributed by atoms with Gasteiger partial charge in [0.05, 0.1) is 6.10 Å². The van der Waals surface area contributed by atoms with Crippen molar-refractivity contribution in [3.63, 3.8) is 0 Å². The van der Waals surface area contributed by atoms with Crippen molar-refractivity contribution in [1.29, 1.82) is 0 Å². The monoisotopic (exact) mass is 182 g/mol. The lowest BCUT2D eigenvalue weighted by Gasteiger charge is -2.17. The Morgan fingerprint density at radius 1 is 1.31 bits per heavy atom. The Bertz CT molecular complexity index is 255. The highest BCUT2D eigenvalue weighted by atomic mass is 19.1. The molecule has 0 aromatic heterocycles. The van der Waals surface area contributed by atoms with E-state index in [1.54, 1.807) is 12.1 Å². The van der Waals surface area contributed by atoms with Gasteiger partial charge in [-0.15, -0.1) is 0 Å². The normalized spacial score (nSPS) is 15.4. The lowest BCUT2D eigenvalue weighted by atomic mass is 9.95. The molecule has 0 heterocycles. The highest BCUT2D eigenvalue weighted by molar-refractivity contribution is 5.18. The standard InChI is InChI=1S/C11H15FO/c1-3-8(2)11(13)9-4-6-10(12)7-5-9/h4-8,11,13H,3H2,1-2H3. The Morgan fingerprint density at radius 2 is 1.85 bits per heavy atom. The van der Waals surface area contributed by atoms with Crippen LogP contribution in [0.15, 0.2) is 24.3 Å². The van der Waals surface area contributed by atoms with Crippen molar-refractivity contribution in [3.05, 3.63) is 35.6 Å². The summed E-state index contributed by atoms with van der Waals surface area (Å²) in [4.78, 5) is 0.